The molecule has 0 N–H and O–H groups in total. The van der Waals surface area contributed by atoms with E-state index in [2.05, 4.69) is 28.9 Å². The molecule has 0 saturated heterocycles. The lowest BCUT2D eigenvalue weighted by Gasteiger charge is -2.27. The first kappa shape index (κ1) is 15.8. The number of benzene rings is 1. The summed E-state index contributed by atoms with van der Waals surface area (Å²) in [6.45, 7) is 5.14. The minimum Gasteiger partial charge on any atom is -0.293 e. The summed E-state index contributed by atoms with van der Waals surface area (Å²) in [6.07, 6.45) is 2.96. The number of hydrogen-bond donors (Lipinski definition) is 0. The van der Waals surface area contributed by atoms with E-state index in [1.54, 1.807) is 0 Å². The predicted molar refractivity (Wildman–Crippen MR) is 99.4 cm³/mol. The Morgan fingerprint density at radius 3 is 2.75 bits per heavy atom. The van der Waals surface area contributed by atoms with Gasteiger partial charge in [-0.25, -0.2) is 9.97 Å². The number of nitrogens with zero attached hydrogens (tertiary/aromatic N) is 3. The standard InChI is InChI=1S/C19H18ClN3S/c1-13-2-7-17(24-13)12-23-9-8-18-15(11-23)10-21-19(22-18)14-3-5-16(20)6-4-14/h2-7,10H,8-9,11-12H2,1H3. The monoisotopic (exact) mass is 355 g/mol. The second kappa shape index (κ2) is 6.63. The molecule has 0 atom stereocenters. The Bertz CT molecular complexity index is 857. The number of aryl methyl sites for hydroxylation is 1. The van der Waals surface area contributed by atoms with Crippen LogP contribution in [0.3, 0.4) is 0 Å². The highest BCUT2D eigenvalue weighted by molar-refractivity contribution is 7.11. The lowest BCUT2D eigenvalue weighted by atomic mass is 10.1. The van der Waals surface area contributed by atoms with E-state index in [-0.39, 0.29) is 0 Å². The zero-order chi connectivity index (χ0) is 16.5. The third kappa shape index (κ3) is 3.36. The van der Waals surface area contributed by atoms with Crippen molar-refractivity contribution in [2.24, 2.45) is 0 Å². The van der Waals surface area contributed by atoms with Crippen molar-refractivity contribution in [2.75, 3.05) is 6.54 Å². The molecule has 0 saturated carbocycles. The Kier molecular flexibility index (Phi) is 4.35. The Morgan fingerprint density at radius 2 is 2.00 bits per heavy atom. The Labute approximate surface area is 151 Å². The molecule has 0 radical (unpaired) electrons. The quantitative estimate of drug-likeness (QED) is 0.680. The van der Waals surface area contributed by atoms with Crippen LogP contribution in [-0.2, 0) is 19.5 Å². The molecule has 0 fully saturated rings. The highest BCUT2D eigenvalue weighted by atomic mass is 35.5. The van der Waals surface area contributed by atoms with Gasteiger partial charge in [-0.2, -0.15) is 0 Å². The zero-order valence-electron chi connectivity index (χ0n) is 13.5. The van der Waals surface area contributed by atoms with Crippen molar-refractivity contribution in [3.8, 4) is 11.4 Å². The molecule has 2 aromatic heterocycles. The molecule has 3 heterocycles. The molecule has 5 heteroatoms. The molecule has 4 rings (SSSR count). The molecular formula is C19H18ClN3S. The molecule has 0 unspecified atom stereocenters. The predicted octanol–water partition coefficient (Wildman–Crippen LogP) is 4.73. The molecule has 0 aliphatic carbocycles. The number of hydrogen-bond acceptors (Lipinski definition) is 4. The van der Waals surface area contributed by atoms with E-state index in [0.29, 0.717) is 0 Å². The van der Waals surface area contributed by atoms with Crippen LogP contribution in [0.2, 0.25) is 5.02 Å². The van der Waals surface area contributed by atoms with Gasteiger partial charge in [0.2, 0.25) is 0 Å². The summed E-state index contributed by atoms with van der Waals surface area (Å²) in [5.74, 6) is 0.785. The van der Waals surface area contributed by atoms with Gasteiger partial charge in [-0.1, -0.05) is 11.6 Å². The summed E-state index contributed by atoms with van der Waals surface area (Å²) < 4.78 is 0. The Morgan fingerprint density at radius 1 is 1.17 bits per heavy atom. The van der Waals surface area contributed by atoms with Gasteiger partial charge < -0.3 is 0 Å². The van der Waals surface area contributed by atoms with Crippen LogP contribution in [0.5, 0.6) is 0 Å². The fourth-order valence-electron chi connectivity index (χ4n) is 3.04. The molecule has 3 aromatic rings. The fraction of sp³-hybridized carbons (Fsp3) is 0.263. The van der Waals surface area contributed by atoms with Gasteiger partial charge in [0.1, 0.15) is 0 Å². The van der Waals surface area contributed by atoms with Gasteiger partial charge in [-0.05, 0) is 43.3 Å². The lowest BCUT2D eigenvalue weighted by molar-refractivity contribution is 0.245. The van der Waals surface area contributed by atoms with Crippen molar-refractivity contribution < 1.29 is 0 Å². The minimum absolute atomic E-state index is 0.733. The highest BCUT2D eigenvalue weighted by Gasteiger charge is 2.19. The molecule has 1 aliphatic heterocycles. The van der Waals surface area contributed by atoms with Crippen LogP contribution in [0, 0.1) is 6.92 Å². The molecular weight excluding hydrogens is 338 g/mol. The molecule has 0 amide bonds. The van der Waals surface area contributed by atoms with E-state index in [4.69, 9.17) is 16.6 Å². The van der Waals surface area contributed by atoms with Gasteiger partial charge >= 0.3 is 0 Å². The number of fused-ring (bicyclic) bond motifs is 1. The molecule has 24 heavy (non-hydrogen) atoms. The van der Waals surface area contributed by atoms with Crippen LogP contribution in [0.1, 0.15) is 21.0 Å². The summed E-state index contributed by atoms with van der Waals surface area (Å²) in [6, 6.07) is 12.1. The zero-order valence-corrected chi connectivity index (χ0v) is 15.1. The van der Waals surface area contributed by atoms with Gasteiger partial charge in [0, 0.05) is 58.2 Å². The average molecular weight is 356 g/mol. The second-order valence-corrected chi connectivity index (χ2v) is 7.95. The summed E-state index contributed by atoms with van der Waals surface area (Å²) >= 11 is 7.83. The van der Waals surface area contributed by atoms with Crippen molar-refractivity contribution >= 4 is 22.9 Å². The van der Waals surface area contributed by atoms with Gasteiger partial charge in [0.25, 0.3) is 0 Å². The molecule has 1 aliphatic rings. The highest BCUT2D eigenvalue weighted by Crippen LogP contribution is 2.24. The van der Waals surface area contributed by atoms with Gasteiger partial charge in [0.05, 0.1) is 5.69 Å². The van der Waals surface area contributed by atoms with Crippen molar-refractivity contribution in [3.05, 3.63) is 68.6 Å². The van der Waals surface area contributed by atoms with E-state index in [1.165, 1.54) is 21.0 Å². The first-order valence-corrected chi connectivity index (χ1v) is 9.25. The Balaban J connectivity index is 1.52. The van der Waals surface area contributed by atoms with Crippen molar-refractivity contribution in [2.45, 2.75) is 26.4 Å². The molecule has 122 valence electrons. The third-order valence-corrected chi connectivity index (χ3v) is 5.53. The SMILES string of the molecule is Cc1ccc(CN2CCc3nc(-c4ccc(Cl)cc4)ncc3C2)s1. The summed E-state index contributed by atoms with van der Waals surface area (Å²) in [4.78, 5) is 14.6. The van der Waals surface area contributed by atoms with Crippen LogP contribution in [0.25, 0.3) is 11.4 Å². The molecule has 1 aromatic carbocycles. The first-order chi connectivity index (χ1) is 11.7. The largest absolute Gasteiger partial charge is 0.293 e. The van der Waals surface area contributed by atoms with E-state index >= 15 is 0 Å². The van der Waals surface area contributed by atoms with E-state index in [1.807, 2.05) is 41.8 Å². The minimum atomic E-state index is 0.733. The fourth-order valence-corrected chi connectivity index (χ4v) is 4.10. The molecule has 3 nitrogen and oxygen atoms in total. The number of thiophene rings is 1. The second-order valence-electron chi connectivity index (χ2n) is 6.15. The van der Waals surface area contributed by atoms with Crippen LogP contribution >= 0.6 is 22.9 Å². The summed E-state index contributed by atoms with van der Waals surface area (Å²) in [5, 5.41) is 0.733. The topological polar surface area (TPSA) is 29.0 Å². The van der Waals surface area contributed by atoms with Gasteiger partial charge in [-0.3, -0.25) is 4.90 Å². The van der Waals surface area contributed by atoms with Crippen LogP contribution in [-0.4, -0.2) is 21.4 Å². The average Bonchev–Trinajstić information content (AvgIpc) is 3.00. The van der Waals surface area contributed by atoms with E-state index in [9.17, 15) is 0 Å². The lowest BCUT2D eigenvalue weighted by Crippen LogP contribution is -2.30. The normalized spacial score (nSPS) is 14.6. The summed E-state index contributed by atoms with van der Waals surface area (Å²) in [5.41, 5.74) is 3.43. The third-order valence-electron chi connectivity index (χ3n) is 4.29. The van der Waals surface area contributed by atoms with Crippen molar-refractivity contribution in [3.63, 3.8) is 0 Å². The molecule has 0 bridgehead atoms. The van der Waals surface area contributed by atoms with Crippen LogP contribution in [0.4, 0.5) is 0 Å². The van der Waals surface area contributed by atoms with E-state index < -0.39 is 0 Å². The van der Waals surface area contributed by atoms with Crippen molar-refractivity contribution in [1.29, 1.82) is 0 Å². The van der Waals surface area contributed by atoms with E-state index in [0.717, 1.165) is 42.5 Å². The smallest absolute Gasteiger partial charge is 0.159 e. The number of aromatic nitrogens is 2. The molecule has 0 spiro atoms. The van der Waals surface area contributed by atoms with Gasteiger partial charge in [-0.15, -0.1) is 11.3 Å². The maximum Gasteiger partial charge on any atom is 0.159 e. The van der Waals surface area contributed by atoms with Crippen molar-refractivity contribution in [1.82, 2.24) is 14.9 Å². The first-order valence-electron chi connectivity index (χ1n) is 8.06. The Hall–Kier alpha value is -1.75. The number of rotatable bonds is 3. The van der Waals surface area contributed by atoms with Crippen LogP contribution in [0.15, 0.2) is 42.6 Å². The summed E-state index contributed by atoms with van der Waals surface area (Å²) in [7, 11) is 0. The maximum atomic E-state index is 5.95. The number of halogens is 1. The van der Waals surface area contributed by atoms with Crippen LogP contribution < -0.4 is 0 Å². The van der Waals surface area contributed by atoms with Gasteiger partial charge in [0.15, 0.2) is 5.82 Å². The maximum absolute atomic E-state index is 5.95.